The van der Waals surface area contributed by atoms with E-state index in [1.807, 2.05) is 0 Å². The smallest absolute Gasteiger partial charge is 0.226 e. The van der Waals surface area contributed by atoms with Crippen molar-refractivity contribution in [3.05, 3.63) is 40.0 Å². The summed E-state index contributed by atoms with van der Waals surface area (Å²) in [6.07, 6.45) is 1.59. The summed E-state index contributed by atoms with van der Waals surface area (Å²) >= 11 is 8.95. The first-order valence-corrected chi connectivity index (χ1v) is 6.39. The first kappa shape index (κ1) is 12.3. The van der Waals surface area contributed by atoms with Crippen LogP contribution >= 0.6 is 27.5 Å². The molecule has 2 N–H and O–H groups in total. The minimum Gasteiger partial charge on any atom is -0.339 e. The second-order valence-corrected chi connectivity index (χ2v) is 4.92. The van der Waals surface area contributed by atoms with E-state index < -0.39 is 0 Å². The molecule has 8 heteroatoms. The summed E-state index contributed by atoms with van der Waals surface area (Å²) in [5.41, 5.74) is 1.20. The van der Waals surface area contributed by atoms with Crippen LogP contribution < -0.4 is 5.32 Å². The molecule has 0 saturated heterocycles. The highest BCUT2D eigenvalue weighted by Crippen LogP contribution is 2.26. The Kier molecular flexibility index (Phi) is 3.08. The molecule has 1 aromatic carbocycles. The van der Waals surface area contributed by atoms with E-state index in [0.717, 1.165) is 0 Å². The highest BCUT2D eigenvalue weighted by Gasteiger charge is 2.09. The van der Waals surface area contributed by atoms with Crippen LogP contribution in [0.3, 0.4) is 0 Å². The molecule has 0 aliphatic carbocycles. The zero-order valence-corrected chi connectivity index (χ0v) is 11.6. The first-order chi connectivity index (χ1) is 9.13. The van der Waals surface area contributed by atoms with Gasteiger partial charge in [0.1, 0.15) is 11.6 Å². The van der Waals surface area contributed by atoms with Crippen LogP contribution in [0.2, 0.25) is 5.28 Å². The normalized spacial score (nSPS) is 10.9. The standard InChI is InChI=1S/C11H6BrClFN5/c12-7-3-5(1-2-8(7)14)16-9-6-4-15-19-10(6)18-11(13)17-9/h1-4H,(H2,15,16,17,18,19). The predicted molar refractivity (Wildman–Crippen MR) is 74.1 cm³/mol. The molecule has 0 unspecified atom stereocenters. The second-order valence-electron chi connectivity index (χ2n) is 3.73. The molecule has 0 spiro atoms. The molecule has 0 radical (unpaired) electrons. The molecule has 96 valence electrons. The topological polar surface area (TPSA) is 66.5 Å². The molecule has 0 aliphatic rings. The summed E-state index contributed by atoms with van der Waals surface area (Å²) in [5.74, 6) is 0.169. The molecule has 19 heavy (non-hydrogen) atoms. The number of halogens is 3. The van der Waals surface area contributed by atoms with E-state index in [2.05, 4.69) is 41.4 Å². The van der Waals surface area contributed by atoms with Gasteiger partial charge in [-0.3, -0.25) is 5.10 Å². The van der Waals surface area contributed by atoms with Gasteiger partial charge in [0, 0.05) is 5.69 Å². The van der Waals surface area contributed by atoms with Gasteiger partial charge >= 0.3 is 0 Å². The molecule has 0 amide bonds. The van der Waals surface area contributed by atoms with Crippen molar-refractivity contribution in [3.63, 3.8) is 0 Å². The van der Waals surface area contributed by atoms with Crippen LogP contribution in [0.15, 0.2) is 28.9 Å². The number of rotatable bonds is 2. The molecule has 3 aromatic rings. The van der Waals surface area contributed by atoms with Gasteiger partial charge < -0.3 is 5.32 Å². The van der Waals surface area contributed by atoms with Crippen LogP contribution in [0.1, 0.15) is 0 Å². The van der Waals surface area contributed by atoms with Crippen LogP contribution in [0.4, 0.5) is 15.9 Å². The number of benzene rings is 1. The van der Waals surface area contributed by atoms with E-state index in [-0.39, 0.29) is 11.1 Å². The molecule has 0 fully saturated rings. The van der Waals surface area contributed by atoms with E-state index in [0.29, 0.717) is 27.0 Å². The fourth-order valence-electron chi connectivity index (χ4n) is 1.61. The minimum atomic E-state index is -0.334. The summed E-state index contributed by atoms with van der Waals surface area (Å²) in [7, 11) is 0. The van der Waals surface area contributed by atoms with Crippen molar-refractivity contribution in [1.29, 1.82) is 0 Å². The summed E-state index contributed by atoms with van der Waals surface area (Å²) in [6, 6.07) is 4.56. The Balaban J connectivity index is 2.04. The summed E-state index contributed by atoms with van der Waals surface area (Å²) < 4.78 is 13.5. The Bertz CT molecular complexity index is 760. The van der Waals surface area contributed by atoms with Gasteiger partial charge in [0.15, 0.2) is 5.65 Å². The molecular formula is C11H6BrClFN5. The van der Waals surface area contributed by atoms with Crippen LogP contribution in [0.5, 0.6) is 0 Å². The largest absolute Gasteiger partial charge is 0.339 e. The number of anilines is 2. The highest BCUT2D eigenvalue weighted by atomic mass is 79.9. The zero-order valence-electron chi connectivity index (χ0n) is 9.28. The van der Waals surface area contributed by atoms with Gasteiger partial charge in [-0.1, -0.05) is 0 Å². The van der Waals surface area contributed by atoms with Crippen molar-refractivity contribution in [2.24, 2.45) is 0 Å². The number of hydrogen-bond donors (Lipinski definition) is 2. The SMILES string of the molecule is Fc1ccc(Nc2nc(Cl)nc3[nH]ncc23)cc1Br. The van der Waals surface area contributed by atoms with E-state index in [9.17, 15) is 4.39 Å². The number of nitrogens with zero attached hydrogens (tertiary/aromatic N) is 3. The zero-order chi connectivity index (χ0) is 13.4. The average molecular weight is 343 g/mol. The van der Waals surface area contributed by atoms with Crippen molar-refractivity contribution in [2.45, 2.75) is 0 Å². The van der Waals surface area contributed by atoms with Crippen LogP contribution in [-0.2, 0) is 0 Å². The Morgan fingerprint density at radius 2 is 2.16 bits per heavy atom. The molecule has 0 saturated carbocycles. The lowest BCUT2D eigenvalue weighted by atomic mass is 10.3. The van der Waals surface area contributed by atoms with Gasteiger partial charge in [-0.15, -0.1) is 0 Å². The predicted octanol–water partition coefficient (Wildman–Crippen LogP) is 3.65. The van der Waals surface area contributed by atoms with Crippen LogP contribution in [0.25, 0.3) is 11.0 Å². The van der Waals surface area contributed by atoms with Gasteiger partial charge in [0.05, 0.1) is 16.1 Å². The number of hydrogen-bond acceptors (Lipinski definition) is 4. The summed E-state index contributed by atoms with van der Waals surface area (Å²) in [5, 5.41) is 10.4. The lowest BCUT2D eigenvalue weighted by Gasteiger charge is -2.07. The van der Waals surface area contributed by atoms with E-state index in [4.69, 9.17) is 11.6 Å². The Labute approximate surface area is 120 Å². The number of H-pyrrole nitrogens is 1. The maximum Gasteiger partial charge on any atom is 0.226 e. The van der Waals surface area contributed by atoms with E-state index >= 15 is 0 Å². The van der Waals surface area contributed by atoms with Crippen molar-refractivity contribution in [2.75, 3.05) is 5.32 Å². The van der Waals surface area contributed by atoms with Gasteiger partial charge in [0.2, 0.25) is 5.28 Å². The van der Waals surface area contributed by atoms with Crippen molar-refractivity contribution >= 4 is 50.1 Å². The third kappa shape index (κ3) is 2.39. The minimum absolute atomic E-state index is 0.0976. The maximum atomic E-state index is 13.2. The summed E-state index contributed by atoms with van der Waals surface area (Å²) in [6.45, 7) is 0. The van der Waals surface area contributed by atoms with Gasteiger partial charge in [-0.25, -0.2) is 4.39 Å². The van der Waals surface area contributed by atoms with Crippen LogP contribution in [-0.4, -0.2) is 20.2 Å². The lowest BCUT2D eigenvalue weighted by molar-refractivity contribution is 0.621. The number of aromatic amines is 1. The molecule has 0 bridgehead atoms. The molecule has 0 atom stereocenters. The average Bonchev–Trinajstić information content (AvgIpc) is 2.82. The molecular weight excluding hydrogens is 337 g/mol. The number of nitrogens with one attached hydrogen (secondary N) is 2. The second kappa shape index (κ2) is 4.75. The van der Waals surface area contributed by atoms with E-state index in [1.54, 1.807) is 18.3 Å². The quantitative estimate of drug-likeness (QED) is 0.698. The maximum absolute atomic E-state index is 13.2. The molecule has 2 heterocycles. The Morgan fingerprint density at radius 3 is 2.95 bits per heavy atom. The lowest BCUT2D eigenvalue weighted by Crippen LogP contribution is -1.96. The molecule has 0 aliphatic heterocycles. The highest BCUT2D eigenvalue weighted by molar-refractivity contribution is 9.10. The van der Waals surface area contributed by atoms with Gasteiger partial charge in [0.25, 0.3) is 0 Å². The Hall–Kier alpha value is -1.73. The molecule has 2 aromatic heterocycles. The Morgan fingerprint density at radius 1 is 1.32 bits per heavy atom. The third-order valence-electron chi connectivity index (χ3n) is 2.46. The number of aromatic nitrogens is 4. The third-order valence-corrected chi connectivity index (χ3v) is 3.24. The fraction of sp³-hybridized carbons (Fsp3) is 0. The van der Waals surface area contributed by atoms with Crippen LogP contribution in [0, 0.1) is 5.82 Å². The van der Waals surface area contributed by atoms with Crippen molar-refractivity contribution in [3.8, 4) is 0 Å². The monoisotopic (exact) mass is 341 g/mol. The van der Waals surface area contributed by atoms with Crippen molar-refractivity contribution in [1.82, 2.24) is 20.2 Å². The first-order valence-electron chi connectivity index (χ1n) is 5.22. The molecule has 3 rings (SSSR count). The molecule has 5 nitrogen and oxygen atoms in total. The van der Waals surface area contributed by atoms with Gasteiger partial charge in [-0.2, -0.15) is 15.1 Å². The number of fused-ring (bicyclic) bond motifs is 1. The van der Waals surface area contributed by atoms with Gasteiger partial charge in [-0.05, 0) is 45.7 Å². The van der Waals surface area contributed by atoms with E-state index in [1.165, 1.54) is 6.07 Å². The van der Waals surface area contributed by atoms with Crippen molar-refractivity contribution < 1.29 is 4.39 Å². The summed E-state index contributed by atoms with van der Waals surface area (Å²) in [4.78, 5) is 8.09. The fourth-order valence-corrected chi connectivity index (χ4v) is 2.16.